The van der Waals surface area contributed by atoms with E-state index in [2.05, 4.69) is 0 Å². The minimum Gasteiger partial charge on any atom is -0.459 e. The van der Waals surface area contributed by atoms with Crippen LogP contribution in [-0.4, -0.2) is 21.2 Å². The van der Waals surface area contributed by atoms with E-state index in [1.807, 2.05) is 0 Å². The third-order valence-corrected chi connectivity index (χ3v) is 5.50. The number of halogens is 5. The summed E-state index contributed by atoms with van der Waals surface area (Å²) in [6.07, 6.45) is -0.161. The second-order valence-electron chi connectivity index (χ2n) is 7.34. The highest BCUT2D eigenvalue weighted by Crippen LogP contribution is 2.28. The maximum absolute atomic E-state index is 14.6. The van der Waals surface area contributed by atoms with Crippen LogP contribution in [0.25, 0.3) is 5.69 Å². The van der Waals surface area contributed by atoms with Crippen molar-refractivity contribution in [1.29, 1.82) is 0 Å². The van der Waals surface area contributed by atoms with Crippen LogP contribution in [-0.2, 0) is 18.0 Å². The molecule has 0 spiro atoms. The van der Waals surface area contributed by atoms with Crippen LogP contribution in [0.2, 0.25) is 5.02 Å². The Hall–Kier alpha value is -2.62. The average molecular weight is 463 g/mol. The van der Waals surface area contributed by atoms with Crippen LogP contribution in [0.3, 0.4) is 0 Å². The Labute approximate surface area is 179 Å². The summed E-state index contributed by atoms with van der Waals surface area (Å²) in [7, 11) is 0.802. The zero-order chi connectivity index (χ0) is 22.9. The number of benzene rings is 1. The molecule has 2 aromatic rings. The lowest BCUT2D eigenvalue weighted by Crippen LogP contribution is -2.41. The van der Waals surface area contributed by atoms with Gasteiger partial charge in [0.05, 0.1) is 16.3 Å². The number of hydrogen-bond donors (Lipinski definition) is 0. The minimum absolute atomic E-state index is 0.180. The van der Waals surface area contributed by atoms with Gasteiger partial charge in [0, 0.05) is 13.1 Å². The second-order valence-corrected chi connectivity index (χ2v) is 7.75. The predicted molar refractivity (Wildman–Crippen MR) is 104 cm³/mol. The molecule has 0 radical (unpaired) electrons. The fourth-order valence-corrected chi connectivity index (χ4v) is 3.79. The van der Waals surface area contributed by atoms with E-state index in [1.165, 1.54) is 0 Å². The molecule has 6 nitrogen and oxygen atoms in total. The molecule has 3 rings (SSSR count). The summed E-state index contributed by atoms with van der Waals surface area (Å²) in [5.41, 5.74) is -5.31. The van der Waals surface area contributed by atoms with E-state index in [9.17, 15) is 31.9 Å². The number of hydrogen-bond acceptors (Lipinski definition) is 4. The van der Waals surface area contributed by atoms with Gasteiger partial charge in [-0.15, -0.1) is 0 Å². The number of alkyl halides is 3. The van der Waals surface area contributed by atoms with Gasteiger partial charge < -0.3 is 4.74 Å². The molecule has 0 amide bonds. The SMILES string of the molecule is Cn1c(C(F)(F)F)cc(=O)n(-c2cc(C(=O)OC3CCCCCC3)c(Cl)cc2F)c1=O. The van der Waals surface area contributed by atoms with Crippen molar-refractivity contribution in [1.82, 2.24) is 9.13 Å². The van der Waals surface area contributed by atoms with Crippen molar-refractivity contribution >= 4 is 17.6 Å². The Morgan fingerprint density at radius 1 is 1.10 bits per heavy atom. The van der Waals surface area contributed by atoms with E-state index in [-0.39, 0.29) is 31.9 Å². The van der Waals surface area contributed by atoms with Crippen LogP contribution in [0.15, 0.2) is 27.8 Å². The highest BCUT2D eigenvalue weighted by atomic mass is 35.5. The molecule has 0 bridgehead atoms. The first-order valence-corrected chi connectivity index (χ1v) is 9.99. The van der Waals surface area contributed by atoms with Gasteiger partial charge in [-0.05, 0) is 37.8 Å². The third-order valence-electron chi connectivity index (χ3n) is 5.18. The van der Waals surface area contributed by atoms with Crippen molar-refractivity contribution in [2.75, 3.05) is 0 Å². The Morgan fingerprint density at radius 3 is 2.29 bits per heavy atom. The molecular formula is C20H19ClF4N2O4. The molecule has 11 heteroatoms. The van der Waals surface area contributed by atoms with Crippen LogP contribution in [0.4, 0.5) is 17.6 Å². The zero-order valence-corrected chi connectivity index (χ0v) is 17.2. The molecule has 1 fully saturated rings. The summed E-state index contributed by atoms with van der Waals surface area (Å²) in [4.78, 5) is 37.3. The van der Waals surface area contributed by atoms with E-state index in [1.54, 1.807) is 0 Å². The van der Waals surface area contributed by atoms with Crippen molar-refractivity contribution < 1.29 is 27.1 Å². The molecule has 1 aliphatic rings. The van der Waals surface area contributed by atoms with Gasteiger partial charge >= 0.3 is 17.8 Å². The van der Waals surface area contributed by atoms with E-state index in [0.29, 0.717) is 18.9 Å². The van der Waals surface area contributed by atoms with Crippen LogP contribution >= 0.6 is 11.6 Å². The van der Waals surface area contributed by atoms with Gasteiger partial charge in [-0.1, -0.05) is 24.4 Å². The lowest BCUT2D eigenvalue weighted by atomic mass is 10.1. The van der Waals surface area contributed by atoms with E-state index >= 15 is 0 Å². The summed E-state index contributed by atoms with van der Waals surface area (Å²) in [5.74, 6) is -2.02. The van der Waals surface area contributed by atoms with Gasteiger partial charge in [0.1, 0.15) is 17.6 Å². The molecule has 1 aromatic heterocycles. The Bertz CT molecular complexity index is 1120. The summed E-state index contributed by atoms with van der Waals surface area (Å²) in [6, 6.07) is 1.73. The fraction of sp³-hybridized carbons (Fsp3) is 0.450. The fourth-order valence-electron chi connectivity index (χ4n) is 3.56. The molecule has 0 N–H and O–H groups in total. The minimum atomic E-state index is -4.96. The number of carbonyl (C=O) groups excluding carboxylic acids is 1. The molecule has 1 saturated carbocycles. The van der Waals surface area contributed by atoms with E-state index in [4.69, 9.17) is 16.3 Å². The summed E-state index contributed by atoms with van der Waals surface area (Å²) in [5, 5.41) is -0.309. The molecule has 0 unspecified atom stereocenters. The van der Waals surface area contributed by atoms with Crippen molar-refractivity contribution in [2.24, 2.45) is 7.05 Å². The van der Waals surface area contributed by atoms with Gasteiger partial charge in [0.25, 0.3) is 5.56 Å². The van der Waals surface area contributed by atoms with Crippen molar-refractivity contribution in [3.63, 3.8) is 0 Å². The standard InChI is InChI=1S/C20H19ClF4N2O4/c1-26-16(20(23,24)25)10-17(28)27(19(26)30)15-8-12(13(21)9-14(15)22)18(29)31-11-6-4-2-3-5-7-11/h8-11H,2-7H2,1H3. The molecule has 0 atom stereocenters. The van der Waals surface area contributed by atoms with Gasteiger partial charge in [-0.3, -0.25) is 9.36 Å². The van der Waals surface area contributed by atoms with Gasteiger partial charge in [0.15, 0.2) is 0 Å². The van der Waals surface area contributed by atoms with Gasteiger partial charge in [-0.2, -0.15) is 13.2 Å². The number of esters is 1. The largest absolute Gasteiger partial charge is 0.459 e. The Kier molecular flexibility index (Phi) is 6.59. The van der Waals surface area contributed by atoms with Gasteiger partial charge in [0.2, 0.25) is 0 Å². The molecule has 0 saturated heterocycles. The summed E-state index contributed by atoms with van der Waals surface area (Å²) >= 11 is 5.97. The first kappa shape index (κ1) is 23.1. The lowest BCUT2D eigenvalue weighted by molar-refractivity contribution is -0.144. The monoisotopic (exact) mass is 462 g/mol. The van der Waals surface area contributed by atoms with Crippen LogP contribution in [0.1, 0.15) is 54.6 Å². The molecule has 31 heavy (non-hydrogen) atoms. The van der Waals surface area contributed by atoms with Crippen molar-refractivity contribution in [3.05, 3.63) is 61.1 Å². The highest BCUT2D eigenvalue weighted by molar-refractivity contribution is 6.33. The van der Waals surface area contributed by atoms with Crippen molar-refractivity contribution in [3.8, 4) is 5.69 Å². The quantitative estimate of drug-likeness (QED) is 0.389. The maximum atomic E-state index is 14.6. The van der Waals surface area contributed by atoms with E-state index in [0.717, 1.165) is 38.8 Å². The zero-order valence-electron chi connectivity index (χ0n) is 16.5. The summed E-state index contributed by atoms with van der Waals surface area (Å²) < 4.78 is 59.5. The first-order valence-electron chi connectivity index (χ1n) is 9.61. The average Bonchev–Trinajstić information content (AvgIpc) is 2.94. The first-order chi connectivity index (χ1) is 14.5. The number of nitrogens with zero attached hydrogens (tertiary/aromatic N) is 2. The third kappa shape index (κ3) is 4.84. The smallest absolute Gasteiger partial charge is 0.431 e. The molecule has 1 aliphatic carbocycles. The topological polar surface area (TPSA) is 70.3 Å². The number of aromatic nitrogens is 2. The van der Waals surface area contributed by atoms with Gasteiger partial charge in [-0.25, -0.2) is 18.5 Å². The normalized spacial score (nSPS) is 15.5. The molecular weight excluding hydrogens is 444 g/mol. The van der Waals surface area contributed by atoms with Crippen LogP contribution in [0.5, 0.6) is 0 Å². The number of rotatable bonds is 3. The Morgan fingerprint density at radius 2 is 1.71 bits per heavy atom. The Balaban J connectivity index is 2.06. The van der Waals surface area contributed by atoms with E-state index < -0.39 is 40.6 Å². The molecule has 1 aromatic carbocycles. The van der Waals surface area contributed by atoms with Crippen LogP contribution < -0.4 is 11.2 Å². The highest BCUT2D eigenvalue weighted by Gasteiger charge is 2.35. The predicted octanol–water partition coefficient (Wildman–Crippen LogP) is 4.23. The lowest BCUT2D eigenvalue weighted by Gasteiger charge is -2.17. The van der Waals surface area contributed by atoms with Crippen molar-refractivity contribution in [2.45, 2.75) is 50.8 Å². The molecule has 1 heterocycles. The maximum Gasteiger partial charge on any atom is 0.431 e. The number of ether oxygens (including phenoxy) is 1. The number of carbonyl (C=O) groups is 1. The summed E-state index contributed by atoms with van der Waals surface area (Å²) in [6.45, 7) is 0. The van der Waals surface area contributed by atoms with Crippen LogP contribution in [0, 0.1) is 5.82 Å². The molecule has 0 aliphatic heterocycles. The second kappa shape index (κ2) is 8.86. The molecule has 168 valence electrons.